The predicted octanol–water partition coefficient (Wildman–Crippen LogP) is 0.976. The Morgan fingerprint density at radius 3 is 3.12 bits per heavy atom. The lowest BCUT2D eigenvalue weighted by molar-refractivity contribution is 0.0691. The summed E-state index contributed by atoms with van der Waals surface area (Å²) in [7, 11) is 0. The number of aromatic carboxylic acids is 1. The van der Waals surface area contributed by atoms with Gasteiger partial charge in [0.1, 0.15) is 12.0 Å². The number of hydrogen-bond donors (Lipinski definition) is 1. The second-order valence-electron chi connectivity index (χ2n) is 3.30. The van der Waals surface area contributed by atoms with E-state index in [9.17, 15) is 4.79 Å². The molecule has 78 valence electrons. The summed E-state index contributed by atoms with van der Waals surface area (Å²) in [4.78, 5) is 23.0. The molecule has 0 aliphatic heterocycles. The Kier molecular flexibility index (Phi) is 1.64. The number of hydrogen-bond acceptors (Lipinski definition) is 4. The predicted molar refractivity (Wildman–Crippen MR) is 55.2 cm³/mol. The Morgan fingerprint density at radius 1 is 1.44 bits per heavy atom. The summed E-state index contributed by atoms with van der Waals surface area (Å²) in [6.45, 7) is 0. The third-order valence-electron chi connectivity index (χ3n) is 2.31. The quantitative estimate of drug-likeness (QED) is 0.653. The molecule has 0 bridgehead atoms. The molecule has 1 N–H and O–H groups in total. The molecule has 0 spiro atoms. The third-order valence-corrected chi connectivity index (χ3v) is 2.31. The molecule has 16 heavy (non-hydrogen) atoms. The van der Waals surface area contributed by atoms with Gasteiger partial charge in [-0.15, -0.1) is 0 Å². The number of nitrogens with zero attached hydrogens (tertiary/aromatic N) is 4. The Morgan fingerprint density at radius 2 is 2.31 bits per heavy atom. The number of carboxylic acids is 1. The van der Waals surface area contributed by atoms with Crippen LogP contribution in [-0.4, -0.2) is 30.4 Å². The maximum atomic E-state index is 10.8. The molecule has 3 heterocycles. The van der Waals surface area contributed by atoms with Gasteiger partial charge in [0.2, 0.25) is 0 Å². The van der Waals surface area contributed by atoms with Crippen molar-refractivity contribution in [3.63, 3.8) is 0 Å². The van der Waals surface area contributed by atoms with Crippen LogP contribution in [0.1, 0.15) is 10.5 Å². The van der Waals surface area contributed by atoms with Gasteiger partial charge in [-0.3, -0.25) is 9.38 Å². The van der Waals surface area contributed by atoms with Crippen LogP contribution in [-0.2, 0) is 0 Å². The lowest BCUT2D eigenvalue weighted by Gasteiger charge is -1.97. The second kappa shape index (κ2) is 2.99. The van der Waals surface area contributed by atoms with E-state index in [1.165, 1.54) is 12.5 Å². The molecule has 0 aliphatic carbocycles. The van der Waals surface area contributed by atoms with Crippen molar-refractivity contribution in [1.29, 1.82) is 0 Å². The largest absolute Gasteiger partial charge is 0.476 e. The molecular formula is C10H6N4O2. The summed E-state index contributed by atoms with van der Waals surface area (Å²) >= 11 is 0. The van der Waals surface area contributed by atoms with E-state index in [-0.39, 0.29) is 5.69 Å². The number of pyridine rings is 1. The number of imidazole rings is 1. The molecule has 0 aromatic carbocycles. The summed E-state index contributed by atoms with van der Waals surface area (Å²) < 4.78 is 1.58. The first-order chi connectivity index (χ1) is 7.75. The van der Waals surface area contributed by atoms with Gasteiger partial charge in [-0.25, -0.2) is 14.8 Å². The zero-order chi connectivity index (χ0) is 11.1. The van der Waals surface area contributed by atoms with Crippen LogP contribution in [0, 0.1) is 0 Å². The van der Waals surface area contributed by atoms with E-state index in [2.05, 4.69) is 15.0 Å². The van der Waals surface area contributed by atoms with Crippen molar-refractivity contribution in [2.45, 2.75) is 0 Å². The van der Waals surface area contributed by atoms with E-state index >= 15 is 0 Å². The second-order valence-corrected chi connectivity index (χ2v) is 3.30. The zero-order valence-corrected chi connectivity index (χ0v) is 8.03. The molecule has 6 nitrogen and oxygen atoms in total. The average Bonchev–Trinajstić information content (AvgIpc) is 2.73. The van der Waals surface area contributed by atoms with E-state index in [0.29, 0.717) is 5.65 Å². The summed E-state index contributed by atoms with van der Waals surface area (Å²) in [6, 6.07) is 1.75. The smallest absolute Gasteiger partial charge is 0.356 e. The SMILES string of the molecule is O=C(O)c1cn2cnc3ccncc3c2n1. The van der Waals surface area contributed by atoms with Crippen molar-refractivity contribution in [2.75, 3.05) is 0 Å². The molecule has 0 unspecified atom stereocenters. The van der Waals surface area contributed by atoms with Gasteiger partial charge in [0.05, 0.1) is 10.9 Å². The van der Waals surface area contributed by atoms with E-state index in [0.717, 1.165) is 10.9 Å². The highest BCUT2D eigenvalue weighted by Crippen LogP contribution is 2.15. The van der Waals surface area contributed by atoms with E-state index in [1.807, 2.05) is 0 Å². The number of rotatable bonds is 1. The number of carbonyl (C=O) groups is 1. The molecular weight excluding hydrogens is 208 g/mol. The Balaban J connectivity index is 2.46. The van der Waals surface area contributed by atoms with Gasteiger partial charge in [-0.1, -0.05) is 0 Å². The van der Waals surface area contributed by atoms with Gasteiger partial charge in [-0.2, -0.15) is 0 Å². The highest BCUT2D eigenvalue weighted by molar-refractivity contribution is 5.93. The van der Waals surface area contributed by atoms with E-state index in [1.54, 1.807) is 22.9 Å². The number of fused-ring (bicyclic) bond motifs is 3. The van der Waals surface area contributed by atoms with Crippen molar-refractivity contribution < 1.29 is 9.90 Å². The topological polar surface area (TPSA) is 80.4 Å². The lowest BCUT2D eigenvalue weighted by Crippen LogP contribution is -1.94. The zero-order valence-electron chi connectivity index (χ0n) is 8.03. The van der Waals surface area contributed by atoms with Crippen molar-refractivity contribution >= 4 is 22.5 Å². The minimum Gasteiger partial charge on any atom is -0.476 e. The maximum absolute atomic E-state index is 10.8. The molecule has 3 aromatic heterocycles. The highest BCUT2D eigenvalue weighted by atomic mass is 16.4. The highest BCUT2D eigenvalue weighted by Gasteiger charge is 2.10. The minimum atomic E-state index is -1.05. The summed E-state index contributed by atoms with van der Waals surface area (Å²) in [5.41, 5.74) is 1.29. The van der Waals surface area contributed by atoms with Crippen molar-refractivity contribution in [2.24, 2.45) is 0 Å². The van der Waals surface area contributed by atoms with Crippen LogP contribution in [0.15, 0.2) is 31.0 Å². The van der Waals surface area contributed by atoms with Gasteiger partial charge < -0.3 is 5.11 Å². The Hall–Kier alpha value is -2.50. The first-order valence-electron chi connectivity index (χ1n) is 4.56. The molecule has 0 radical (unpaired) electrons. The van der Waals surface area contributed by atoms with Crippen molar-refractivity contribution in [3.05, 3.63) is 36.7 Å². The van der Waals surface area contributed by atoms with Gasteiger partial charge in [0.15, 0.2) is 5.69 Å². The van der Waals surface area contributed by atoms with Crippen molar-refractivity contribution in [1.82, 2.24) is 19.4 Å². The first-order valence-corrected chi connectivity index (χ1v) is 4.56. The fourth-order valence-electron chi connectivity index (χ4n) is 1.58. The Bertz CT molecular complexity index is 704. The average molecular weight is 214 g/mol. The van der Waals surface area contributed by atoms with Gasteiger partial charge in [-0.05, 0) is 6.07 Å². The molecule has 0 saturated carbocycles. The van der Waals surface area contributed by atoms with Gasteiger partial charge >= 0.3 is 5.97 Å². The normalized spacial score (nSPS) is 11.0. The van der Waals surface area contributed by atoms with Crippen LogP contribution in [0.3, 0.4) is 0 Å². The van der Waals surface area contributed by atoms with Crippen LogP contribution in [0.4, 0.5) is 0 Å². The molecule has 0 saturated heterocycles. The lowest BCUT2D eigenvalue weighted by atomic mass is 10.3. The van der Waals surface area contributed by atoms with E-state index < -0.39 is 5.97 Å². The first kappa shape index (κ1) is 8.78. The maximum Gasteiger partial charge on any atom is 0.356 e. The number of carboxylic acid groups (broad SMARTS) is 1. The summed E-state index contributed by atoms with van der Waals surface area (Å²) in [6.07, 6.45) is 6.22. The number of aromatic nitrogens is 4. The Labute approximate surface area is 89.2 Å². The molecule has 0 aliphatic rings. The molecule has 6 heteroatoms. The minimum absolute atomic E-state index is 0.00171. The third kappa shape index (κ3) is 1.13. The van der Waals surface area contributed by atoms with Crippen LogP contribution in [0.5, 0.6) is 0 Å². The molecule has 3 rings (SSSR count). The van der Waals surface area contributed by atoms with Crippen LogP contribution in [0.2, 0.25) is 0 Å². The molecule has 0 fully saturated rings. The van der Waals surface area contributed by atoms with Crippen molar-refractivity contribution in [3.8, 4) is 0 Å². The molecule has 3 aromatic rings. The van der Waals surface area contributed by atoms with Crippen LogP contribution >= 0.6 is 0 Å². The molecule has 0 atom stereocenters. The fraction of sp³-hybridized carbons (Fsp3) is 0. The van der Waals surface area contributed by atoms with Crippen LogP contribution < -0.4 is 0 Å². The van der Waals surface area contributed by atoms with Gasteiger partial charge in [0.25, 0.3) is 0 Å². The fourth-order valence-corrected chi connectivity index (χ4v) is 1.58. The molecule has 0 amide bonds. The van der Waals surface area contributed by atoms with Crippen LogP contribution in [0.25, 0.3) is 16.6 Å². The standard InChI is InChI=1S/C10H6N4O2/c15-10(16)8-4-14-5-12-7-1-2-11-3-6(7)9(14)13-8/h1-5H,(H,15,16). The van der Waals surface area contributed by atoms with E-state index in [4.69, 9.17) is 5.11 Å². The van der Waals surface area contributed by atoms with Gasteiger partial charge in [0, 0.05) is 18.6 Å². The monoisotopic (exact) mass is 214 g/mol. The summed E-state index contributed by atoms with van der Waals surface area (Å²) in [5, 5.41) is 9.58. The summed E-state index contributed by atoms with van der Waals surface area (Å²) in [5.74, 6) is -1.05.